The van der Waals surface area contributed by atoms with Crippen LogP contribution in [0.3, 0.4) is 0 Å². The number of hydrogen-bond donors (Lipinski definition) is 0. The van der Waals surface area contributed by atoms with Crippen LogP contribution in [-0.2, 0) is 15.8 Å². The van der Waals surface area contributed by atoms with E-state index in [9.17, 15) is 0 Å². The second kappa shape index (κ2) is 12.9. The van der Waals surface area contributed by atoms with Crippen LogP contribution in [0.5, 0.6) is 17.2 Å². The Bertz CT molecular complexity index is 2560. The molecule has 1 unspecified atom stereocenters. The lowest BCUT2D eigenvalue weighted by molar-refractivity contribution is 0.122. The quantitative estimate of drug-likeness (QED) is 0.165. The molecule has 4 nitrogen and oxygen atoms in total. The Morgan fingerprint density at radius 3 is 2.17 bits per heavy atom. The van der Waals surface area contributed by atoms with Crippen molar-refractivity contribution in [3.63, 3.8) is 0 Å². The van der Waals surface area contributed by atoms with Crippen LogP contribution in [0.15, 0.2) is 146 Å². The molecule has 0 saturated carbocycles. The van der Waals surface area contributed by atoms with Crippen LogP contribution in [-0.4, -0.2) is 26.3 Å². The smallest absolute Gasteiger partial charge is 0.178 e. The molecule has 1 fully saturated rings. The zero-order valence-corrected chi connectivity index (χ0v) is 30.8. The second-order valence-electron chi connectivity index (χ2n) is 14.8. The van der Waals surface area contributed by atoms with E-state index >= 15 is 0 Å². The average Bonchev–Trinajstić information content (AvgIpc) is 3.55. The fraction of sp³-hybridized carbons (Fsp3) is 0.200. The van der Waals surface area contributed by atoms with Crippen LogP contribution < -0.4 is 14.4 Å². The van der Waals surface area contributed by atoms with Crippen molar-refractivity contribution >= 4 is 33.3 Å². The third-order valence-corrected chi connectivity index (χ3v) is 12.2. The lowest BCUT2D eigenvalue weighted by Crippen LogP contribution is -2.37. The minimum Gasteiger partial charge on any atom is -0.472 e. The molecule has 0 spiro atoms. The molecule has 1 saturated heterocycles. The van der Waals surface area contributed by atoms with E-state index in [1.54, 1.807) is 0 Å². The highest BCUT2D eigenvalue weighted by Gasteiger charge is 2.47. The third-order valence-electron chi connectivity index (χ3n) is 12.2. The first-order valence-corrected chi connectivity index (χ1v) is 19.4. The van der Waals surface area contributed by atoms with Crippen molar-refractivity contribution < 1.29 is 14.2 Å². The highest BCUT2D eigenvalue weighted by atomic mass is 16.5. The van der Waals surface area contributed by atoms with Crippen molar-refractivity contribution in [1.82, 2.24) is 0 Å². The summed E-state index contributed by atoms with van der Waals surface area (Å²) in [5.41, 5.74) is 8.93. The molecule has 54 heavy (non-hydrogen) atoms. The lowest BCUT2D eigenvalue weighted by atomic mass is 9.71. The average molecular weight is 706 g/mol. The van der Waals surface area contributed by atoms with E-state index in [-0.39, 0.29) is 5.41 Å². The first-order chi connectivity index (χ1) is 26.6. The molecule has 1 aliphatic carbocycles. The van der Waals surface area contributed by atoms with Gasteiger partial charge in [0.05, 0.1) is 13.2 Å². The molecule has 0 amide bonds. The van der Waals surface area contributed by atoms with Crippen LogP contribution in [0.4, 0.5) is 5.69 Å². The van der Waals surface area contributed by atoms with Gasteiger partial charge in [-0.2, -0.15) is 0 Å². The Balaban J connectivity index is 1.23. The summed E-state index contributed by atoms with van der Waals surface area (Å²) in [6.45, 7) is 7.96. The van der Waals surface area contributed by atoms with Crippen molar-refractivity contribution in [1.29, 1.82) is 0 Å². The van der Waals surface area contributed by atoms with Crippen LogP contribution in [0.25, 0.3) is 38.7 Å². The molecular formula is C50H43NO3. The number of anilines is 1. The van der Waals surface area contributed by atoms with Crippen molar-refractivity contribution in [2.45, 2.75) is 37.7 Å². The van der Waals surface area contributed by atoms with Gasteiger partial charge in [-0.25, -0.2) is 0 Å². The summed E-state index contributed by atoms with van der Waals surface area (Å²) in [6, 6.07) is 50.0. The molecule has 3 aliphatic rings. The zero-order valence-electron chi connectivity index (χ0n) is 30.8. The molecule has 2 aliphatic heterocycles. The molecule has 266 valence electrons. The first-order valence-electron chi connectivity index (χ1n) is 19.4. The lowest BCUT2D eigenvalue weighted by Gasteiger charge is -2.39. The molecular weight excluding hydrogens is 663 g/mol. The molecule has 10 rings (SSSR count). The minimum absolute atomic E-state index is 0.139. The number of para-hydroxylation sites is 1. The van der Waals surface area contributed by atoms with Crippen LogP contribution in [0, 0.1) is 0 Å². The highest BCUT2D eigenvalue weighted by molar-refractivity contribution is 6.09. The number of nitrogens with zero attached hydrogens (tertiary/aromatic N) is 1. The van der Waals surface area contributed by atoms with E-state index in [2.05, 4.69) is 140 Å². The largest absolute Gasteiger partial charge is 0.472 e. The second-order valence-corrected chi connectivity index (χ2v) is 14.8. The van der Waals surface area contributed by atoms with Gasteiger partial charge >= 0.3 is 0 Å². The summed E-state index contributed by atoms with van der Waals surface area (Å²) < 4.78 is 19.9. The van der Waals surface area contributed by atoms with E-state index in [0.29, 0.717) is 0 Å². The van der Waals surface area contributed by atoms with E-state index in [0.717, 1.165) is 78.5 Å². The number of benzene rings is 7. The molecule has 0 radical (unpaired) electrons. The fourth-order valence-corrected chi connectivity index (χ4v) is 9.46. The van der Waals surface area contributed by atoms with Gasteiger partial charge in [0.15, 0.2) is 5.60 Å². The van der Waals surface area contributed by atoms with Crippen molar-refractivity contribution in [3.8, 4) is 28.4 Å². The molecule has 7 aromatic rings. The van der Waals surface area contributed by atoms with E-state index in [4.69, 9.17) is 14.2 Å². The van der Waals surface area contributed by atoms with Gasteiger partial charge in [-0.15, -0.1) is 0 Å². The summed E-state index contributed by atoms with van der Waals surface area (Å²) in [5.74, 6) is 2.48. The predicted octanol–water partition coefficient (Wildman–Crippen LogP) is 12.1. The zero-order chi connectivity index (χ0) is 36.3. The number of morpholine rings is 1. The van der Waals surface area contributed by atoms with Crippen molar-refractivity contribution in [2.75, 3.05) is 31.2 Å². The van der Waals surface area contributed by atoms with Gasteiger partial charge in [-0.1, -0.05) is 111 Å². The summed E-state index contributed by atoms with van der Waals surface area (Å²) in [5, 5.41) is 4.63. The molecule has 4 heteroatoms. The maximum atomic E-state index is 7.77. The molecule has 2 heterocycles. The molecule has 0 N–H and O–H groups in total. The molecule has 1 atom stereocenters. The van der Waals surface area contributed by atoms with Crippen molar-refractivity contribution in [3.05, 3.63) is 173 Å². The van der Waals surface area contributed by atoms with Crippen LogP contribution in [0.1, 0.15) is 54.5 Å². The summed E-state index contributed by atoms with van der Waals surface area (Å²) >= 11 is 0. The normalized spacial score (nSPS) is 18.2. The number of fused-ring (bicyclic) bond motifs is 9. The van der Waals surface area contributed by atoms with E-state index < -0.39 is 5.60 Å². The SMILES string of the molecule is CCC1(CC)c2ccccc2-c2c1c1c(c3cc(Oc4ccccc4)ccc23)OC(c2ccc(N3CCOCC3)cc2)(c2ccc3ccccc3c2)C=C1. The Morgan fingerprint density at radius 2 is 1.37 bits per heavy atom. The highest BCUT2D eigenvalue weighted by Crippen LogP contribution is 2.60. The first kappa shape index (κ1) is 32.8. The summed E-state index contributed by atoms with van der Waals surface area (Å²) in [4.78, 5) is 2.40. The van der Waals surface area contributed by atoms with Gasteiger partial charge in [0.25, 0.3) is 0 Å². The van der Waals surface area contributed by atoms with Crippen LogP contribution >= 0.6 is 0 Å². The topological polar surface area (TPSA) is 30.9 Å². The van der Waals surface area contributed by atoms with E-state index in [1.807, 2.05) is 30.3 Å². The predicted molar refractivity (Wildman–Crippen MR) is 221 cm³/mol. The Kier molecular flexibility index (Phi) is 7.85. The fourth-order valence-electron chi connectivity index (χ4n) is 9.46. The van der Waals surface area contributed by atoms with Gasteiger partial charge in [0, 0.05) is 46.3 Å². The van der Waals surface area contributed by atoms with Gasteiger partial charge in [-0.3, -0.25) is 0 Å². The maximum absolute atomic E-state index is 7.77. The molecule has 0 aromatic heterocycles. The van der Waals surface area contributed by atoms with Crippen LogP contribution in [0.2, 0.25) is 0 Å². The minimum atomic E-state index is -0.884. The van der Waals surface area contributed by atoms with Gasteiger partial charge in [-0.05, 0) is 106 Å². The Hall–Kier alpha value is -5.84. The Morgan fingerprint density at radius 1 is 0.648 bits per heavy atom. The standard InChI is InChI=1S/C50H43NO3/c1-3-49(4-2)45-17-11-10-16-42(45)46-41-25-24-40(53-39-14-6-5-7-15-39)33-44(41)48-43(47(46)49)26-27-50(54-48,37-19-18-34-12-8-9-13-35(34)32-37)36-20-22-38(23-21-36)51-28-30-52-31-29-51/h5-27,32-33H,3-4,28-31H2,1-2H3. The monoisotopic (exact) mass is 705 g/mol. The van der Waals surface area contributed by atoms with Crippen molar-refractivity contribution in [2.24, 2.45) is 0 Å². The number of rotatable bonds is 7. The van der Waals surface area contributed by atoms with Gasteiger partial charge < -0.3 is 19.1 Å². The third kappa shape index (κ3) is 5.00. The van der Waals surface area contributed by atoms with Gasteiger partial charge in [0.1, 0.15) is 17.2 Å². The molecule has 0 bridgehead atoms. The Labute approximate surface area is 317 Å². The van der Waals surface area contributed by atoms with E-state index in [1.165, 1.54) is 44.1 Å². The summed E-state index contributed by atoms with van der Waals surface area (Å²) in [6.07, 6.45) is 6.68. The molecule has 7 aromatic carbocycles. The maximum Gasteiger partial charge on any atom is 0.178 e. The number of ether oxygens (including phenoxy) is 3. The number of hydrogen-bond acceptors (Lipinski definition) is 4. The summed E-state index contributed by atoms with van der Waals surface area (Å²) in [7, 11) is 0. The van der Waals surface area contributed by atoms with Gasteiger partial charge in [0.2, 0.25) is 0 Å².